The first-order chi connectivity index (χ1) is 15.8. The molecule has 1 amide bonds. The van der Waals surface area contributed by atoms with Crippen LogP contribution in [0.25, 0.3) is 0 Å². The topological polar surface area (TPSA) is 98.2 Å². The molecule has 0 bridgehead atoms. The number of likely N-dealkylation sites (tertiary alicyclic amines) is 1. The van der Waals surface area contributed by atoms with E-state index in [1.165, 1.54) is 16.7 Å². The van der Waals surface area contributed by atoms with Crippen molar-refractivity contribution in [3.05, 3.63) is 71.3 Å². The predicted octanol–water partition coefficient (Wildman–Crippen LogP) is 3.24. The zero-order chi connectivity index (χ0) is 23.8. The van der Waals surface area contributed by atoms with E-state index in [1.807, 2.05) is 0 Å². The molecule has 0 radical (unpaired) electrons. The number of hydrogen-bond donors (Lipinski definition) is 2. The third-order valence-electron chi connectivity index (χ3n) is 6.46. The Labute approximate surface area is 194 Å². The molecule has 176 valence electrons. The first-order valence-electron chi connectivity index (χ1n) is 11.4. The third kappa shape index (κ3) is 6.89. The third-order valence-corrected chi connectivity index (χ3v) is 6.46. The molecule has 2 aliphatic heterocycles. The Hall–Kier alpha value is -3.19. The second-order valence-corrected chi connectivity index (χ2v) is 8.78. The minimum atomic E-state index is -1.82. The largest absolute Gasteiger partial charge is 0.473 e. The van der Waals surface area contributed by atoms with Crippen molar-refractivity contribution in [3.63, 3.8) is 0 Å². The number of piperidine rings is 1. The number of hydrogen-bond acceptors (Lipinski definition) is 4. The fourth-order valence-electron chi connectivity index (χ4n) is 4.58. The molecule has 7 heteroatoms. The monoisotopic (exact) mass is 452 g/mol. The van der Waals surface area contributed by atoms with Gasteiger partial charge in [-0.2, -0.15) is 0 Å². The SMILES string of the molecule is CC(CN1CCC(C(=O)N2CCc3ccccc3C2)CC1)c1ccccc1.O=C(O)C(=O)O. The molecule has 2 aromatic carbocycles. The summed E-state index contributed by atoms with van der Waals surface area (Å²) in [4.78, 5) is 35.8. The highest BCUT2D eigenvalue weighted by atomic mass is 16.4. The summed E-state index contributed by atoms with van der Waals surface area (Å²) in [5.74, 6) is -2.53. The number of nitrogens with zero attached hydrogens (tertiary/aromatic N) is 2. The van der Waals surface area contributed by atoms with Crippen molar-refractivity contribution < 1.29 is 24.6 Å². The molecular weight excluding hydrogens is 420 g/mol. The van der Waals surface area contributed by atoms with Crippen molar-refractivity contribution in [2.45, 2.75) is 38.6 Å². The molecular formula is C26H32N2O5. The smallest absolute Gasteiger partial charge is 0.414 e. The Kier molecular flexibility index (Phi) is 8.60. The Morgan fingerprint density at radius 3 is 2.06 bits per heavy atom. The molecule has 0 aromatic heterocycles. The number of carbonyl (C=O) groups excluding carboxylic acids is 1. The van der Waals surface area contributed by atoms with Crippen LogP contribution in [0.15, 0.2) is 54.6 Å². The number of benzene rings is 2. The number of aliphatic carboxylic acids is 2. The van der Waals surface area contributed by atoms with Crippen LogP contribution in [-0.2, 0) is 27.3 Å². The zero-order valence-corrected chi connectivity index (χ0v) is 19.0. The Morgan fingerprint density at radius 1 is 0.879 bits per heavy atom. The predicted molar refractivity (Wildman–Crippen MR) is 125 cm³/mol. The number of amides is 1. The van der Waals surface area contributed by atoms with E-state index in [-0.39, 0.29) is 5.92 Å². The van der Waals surface area contributed by atoms with Gasteiger partial charge in [0.2, 0.25) is 5.91 Å². The van der Waals surface area contributed by atoms with E-state index < -0.39 is 11.9 Å². The van der Waals surface area contributed by atoms with E-state index >= 15 is 0 Å². The van der Waals surface area contributed by atoms with Gasteiger partial charge in [0.1, 0.15) is 0 Å². The van der Waals surface area contributed by atoms with Crippen molar-refractivity contribution in [1.29, 1.82) is 0 Å². The number of carbonyl (C=O) groups is 3. The van der Waals surface area contributed by atoms with E-state index in [0.717, 1.165) is 52.0 Å². The summed E-state index contributed by atoms with van der Waals surface area (Å²) in [7, 11) is 0. The van der Waals surface area contributed by atoms with Gasteiger partial charge in [0, 0.05) is 25.6 Å². The molecule has 2 aromatic rings. The van der Waals surface area contributed by atoms with Crippen LogP contribution in [-0.4, -0.2) is 64.0 Å². The molecule has 7 nitrogen and oxygen atoms in total. The summed E-state index contributed by atoms with van der Waals surface area (Å²) in [5.41, 5.74) is 4.14. The lowest BCUT2D eigenvalue weighted by Gasteiger charge is -2.37. The lowest BCUT2D eigenvalue weighted by Crippen LogP contribution is -2.44. The van der Waals surface area contributed by atoms with Gasteiger partial charge in [-0.3, -0.25) is 4.79 Å². The lowest BCUT2D eigenvalue weighted by molar-refractivity contribution is -0.159. The van der Waals surface area contributed by atoms with Gasteiger partial charge < -0.3 is 20.0 Å². The molecule has 1 atom stereocenters. The minimum Gasteiger partial charge on any atom is -0.473 e. The van der Waals surface area contributed by atoms with Gasteiger partial charge in [-0.05, 0) is 55.0 Å². The molecule has 33 heavy (non-hydrogen) atoms. The van der Waals surface area contributed by atoms with Crippen molar-refractivity contribution in [1.82, 2.24) is 9.80 Å². The van der Waals surface area contributed by atoms with Crippen molar-refractivity contribution in [2.75, 3.05) is 26.2 Å². The average molecular weight is 453 g/mol. The van der Waals surface area contributed by atoms with Crippen LogP contribution in [0.5, 0.6) is 0 Å². The van der Waals surface area contributed by atoms with Gasteiger partial charge in [0.05, 0.1) is 0 Å². The van der Waals surface area contributed by atoms with Crippen LogP contribution >= 0.6 is 0 Å². The molecule has 0 aliphatic carbocycles. The lowest BCUT2D eigenvalue weighted by atomic mass is 9.92. The highest BCUT2D eigenvalue weighted by Gasteiger charge is 2.30. The maximum absolute atomic E-state index is 13.0. The standard InChI is InChI=1S/C24H30N2O.C2H2O4/c1-19(20-7-3-2-4-8-20)17-25-14-11-22(12-15-25)24(27)26-16-13-21-9-5-6-10-23(21)18-26;3-1(4)2(5)6/h2-10,19,22H,11-18H2,1H3;(H,3,4)(H,5,6). The summed E-state index contributed by atoms with van der Waals surface area (Å²) in [5, 5.41) is 14.8. The summed E-state index contributed by atoms with van der Waals surface area (Å²) < 4.78 is 0. The van der Waals surface area contributed by atoms with Crippen LogP contribution in [0.3, 0.4) is 0 Å². The van der Waals surface area contributed by atoms with Crippen LogP contribution in [0.4, 0.5) is 0 Å². The van der Waals surface area contributed by atoms with Gasteiger partial charge in [-0.25, -0.2) is 9.59 Å². The first kappa shape index (κ1) is 24.5. The Balaban J connectivity index is 0.000000454. The van der Waals surface area contributed by atoms with E-state index in [4.69, 9.17) is 19.8 Å². The van der Waals surface area contributed by atoms with E-state index in [2.05, 4.69) is 71.3 Å². The maximum atomic E-state index is 13.0. The molecule has 1 unspecified atom stereocenters. The molecule has 2 heterocycles. The number of carboxylic acids is 2. The summed E-state index contributed by atoms with van der Waals surface area (Å²) in [6, 6.07) is 19.3. The zero-order valence-electron chi connectivity index (χ0n) is 19.0. The van der Waals surface area contributed by atoms with E-state index in [9.17, 15) is 4.79 Å². The summed E-state index contributed by atoms with van der Waals surface area (Å²) >= 11 is 0. The van der Waals surface area contributed by atoms with Crippen molar-refractivity contribution >= 4 is 17.8 Å². The molecule has 1 saturated heterocycles. The number of fused-ring (bicyclic) bond motifs is 1. The van der Waals surface area contributed by atoms with E-state index in [1.54, 1.807) is 0 Å². The molecule has 2 N–H and O–H groups in total. The molecule has 1 fully saturated rings. The van der Waals surface area contributed by atoms with Crippen molar-refractivity contribution in [2.24, 2.45) is 5.92 Å². The fraction of sp³-hybridized carbons (Fsp3) is 0.423. The molecule has 4 rings (SSSR count). The van der Waals surface area contributed by atoms with Gasteiger partial charge in [-0.15, -0.1) is 0 Å². The van der Waals surface area contributed by atoms with Gasteiger partial charge in [-0.1, -0.05) is 61.5 Å². The summed E-state index contributed by atoms with van der Waals surface area (Å²) in [6.07, 6.45) is 2.99. The fourth-order valence-corrected chi connectivity index (χ4v) is 4.58. The number of rotatable bonds is 4. The van der Waals surface area contributed by atoms with Gasteiger partial charge in [0.15, 0.2) is 0 Å². The normalized spacial score (nSPS) is 17.3. The highest BCUT2D eigenvalue weighted by Crippen LogP contribution is 2.26. The maximum Gasteiger partial charge on any atom is 0.414 e. The van der Waals surface area contributed by atoms with Crippen LogP contribution in [0, 0.1) is 5.92 Å². The highest BCUT2D eigenvalue weighted by molar-refractivity contribution is 6.27. The average Bonchev–Trinajstić information content (AvgIpc) is 2.84. The Morgan fingerprint density at radius 2 is 1.45 bits per heavy atom. The molecule has 2 aliphatic rings. The summed E-state index contributed by atoms with van der Waals surface area (Å²) in [6.45, 7) is 7.14. The van der Waals surface area contributed by atoms with Crippen LogP contribution in [0.2, 0.25) is 0 Å². The second-order valence-electron chi connectivity index (χ2n) is 8.78. The second kappa shape index (κ2) is 11.6. The van der Waals surface area contributed by atoms with E-state index in [0.29, 0.717) is 11.8 Å². The van der Waals surface area contributed by atoms with Crippen LogP contribution < -0.4 is 0 Å². The minimum absolute atomic E-state index is 0.207. The van der Waals surface area contributed by atoms with Gasteiger partial charge >= 0.3 is 11.9 Å². The first-order valence-corrected chi connectivity index (χ1v) is 11.4. The molecule has 0 spiro atoms. The quantitative estimate of drug-likeness (QED) is 0.691. The van der Waals surface area contributed by atoms with Crippen LogP contribution in [0.1, 0.15) is 42.4 Å². The number of carboxylic acid groups (broad SMARTS) is 2. The van der Waals surface area contributed by atoms with Crippen molar-refractivity contribution in [3.8, 4) is 0 Å². The Bertz CT molecular complexity index is 942. The van der Waals surface area contributed by atoms with Gasteiger partial charge in [0.25, 0.3) is 0 Å². The molecule has 0 saturated carbocycles.